The Morgan fingerprint density at radius 1 is 0.970 bits per heavy atom. The van der Waals surface area contributed by atoms with Crippen LogP contribution in [0.15, 0.2) is 66.7 Å². The van der Waals surface area contributed by atoms with Crippen molar-refractivity contribution >= 4 is 17.6 Å². The van der Waals surface area contributed by atoms with Crippen molar-refractivity contribution in [2.24, 2.45) is 0 Å². The van der Waals surface area contributed by atoms with Gasteiger partial charge in [-0.2, -0.15) is 0 Å². The Hall–Kier alpha value is -3.67. The molecule has 6 nitrogen and oxygen atoms in total. The summed E-state index contributed by atoms with van der Waals surface area (Å²) in [6.45, 7) is 5.72. The minimum absolute atomic E-state index is 0.0898. The van der Waals surface area contributed by atoms with Crippen LogP contribution in [-0.2, 0) is 6.54 Å². The molecule has 0 saturated carbocycles. The summed E-state index contributed by atoms with van der Waals surface area (Å²) in [5.41, 5.74) is 5.38. The third-order valence-electron chi connectivity index (χ3n) is 6.04. The number of aromatic nitrogens is 1. The summed E-state index contributed by atoms with van der Waals surface area (Å²) in [6, 6.07) is 21.3. The number of urea groups is 1. The number of hydrogen-bond donors (Lipinski definition) is 2. The number of rotatable bonds is 5. The molecule has 0 bridgehead atoms. The van der Waals surface area contributed by atoms with E-state index in [4.69, 9.17) is 4.98 Å². The second-order valence-corrected chi connectivity index (χ2v) is 8.61. The number of aryl methyl sites for hydroxylation is 2. The van der Waals surface area contributed by atoms with Crippen molar-refractivity contribution in [2.75, 3.05) is 18.4 Å². The van der Waals surface area contributed by atoms with Crippen molar-refractivity contribution in [3.05, 3.63) is 94.8 Å². The van der Waals surface area contributed by atoms with Gasteiger partial charge >= 0.3 is 6.03 Å². The van der Waals surface area contributed by atoms with Crippen LogP contribution in [0.5, 0.6) is 0 Å². The maximum absolute atomic E-state index is 13.0. The molecule has 2 aromatic carbocycles. The van der Waals surface area contributed by atoms with Crippen molar-refractivity contribution in [3.8, 4) is 0 Å². The van der Waals surface area contributed by atoms with Gasteiger partial charge in [-0.1, -0.05) is 48.0 Å². The zero-order valence-corrected chi connectivity index (χ0v) is 19.2. The predicted octanol–water partition coefficient (Wildman–Crippen LogP) is 5.04. The highest BCUT2D eigenvalue weighted by Crippen LogP contribution is 2.30. The van der Waals surface area contributed by atoms with Crippen molar-refractivity contribution in [2.45, 2.75) is 39.2 Å². The fourth-order valence-corrected chi connectivity index (χ4v) is 4.26. The van der Waals surface area contributed by atoms with Crippen LogP contribution in [0.1, 0.15) is 51.6 Å². The molecule has 1 aliphatic heterocycles. The molecule has 1 fully saturated rings. The molecule has 1 aromatic heterocycles. The van der Waals surface area contributed by atoms with E-state index in [1.54, 1.807) is 0 Å². The largest absolute Gasteiger partial charge is 0.348 e. The molecular formula is C27H30N4O2. The van der Waals surface area contributed by atoms with Gasteiger partial charge in [0.05, 0.1) is 11.3 Å². The van der Waals surface area contributed by atoms with Crippen molar-refractivity contribution in [3.63, 3.8) is 0 Å². The minimum Gasteiger partial charge on any atom is -0.348 e. The van der Waals surface area contributed by atoms with Crippen LogP contribution in [0.2, 0.25) is 0 Å². The number of nitrogens with one attached hydrogen (secondary N) is 2. The van der Waals surface area contributed by atoms with E-state index < -0.39 is 0 Å². The number of nitrogens with zero attached hydrogens (tertiary/aromatic N) is 2. The molecule has 6 heteroatoms. The summed E-state index contributed by atoms with van der Waals surface area (Å²) in [5, 5.41) is 5.99. The Morgan fingerprint density at radius 2 is 1.73 bits per heavy atom. The molecule has 0 spiro atoms. The molecule has 3 amide bonds. The Balaban J connectivity index is 1.40. The van der Waals surface area contributed by atoms with Crippen LogP contribution in [0.4, 0.5) is 10.5 Å². The first-order valence-electron chi connectivity index (χ1n) is 11.4. The smallest absolute Gasteiger partial charge is 0.321 e. The highest BCUT2D eigenvalue weighted by Gasteiger charge is 2.28. The van der Waals surface area contributed by atoms with E-state index in [0.717, 1.165) is 35.5 Å². The molecule has 0 aliphatic carbocycles. The zero-order valence-electron chi connectivity index (χ0n) is 19.2. The molecule has 4 rings (SSSR count). The van der Waals surface area contributed by atoms with Crippen LogP contribution in [0.25, 0.3) is 0 Å². The van der Waals surface area contributed by atoms with Gasteiger partial charge in [-0.3, -0.25) is 9.78 Å². The molecule has 1 saturated heterocycles. The monoisotopic (exact) mass is 442 g/mol. The lowest BCUT2D eigenvalue weighted by atomic mass is 9.90. The third kappa shape index (κ3) is 5.77. The molecule has 170 valence electrons. The molecule has 0 unspecified atom stereocenters. The predicted molar refractivity (Wildman–Crippen MR) is 130 cm³/mol. The minimum atomic E-state index is -0.108. The second-order valence-electron chi connectivity index (χ2n) is 8.61. The lowest BCUT2D eigenvalue weighted by Crippen LogP contribution is -2.41. The van der Waals surface area contributed by atoms with Crippen LogP contribution in [0.3, 0.4) is 0 Å². The first kappa shape index (κ1) is 22.5. The van der Waals surface area contributed by atoms with Crippen LogP contribution in [-0.4, -0.2) is 34.9 Å². The first-order chi connectivity index (χ1) is 16.0. The fraction of sp³-hybridized carbons (Fsp3) is 0.296. The Kier molecular flexibility index (Phi) is 7.03. The summed E-state index contributed by atoms with van der Waals surface area (Å²) in [4.78, 5) is 32.2. The number of likely N-dealkylation sites (tertiary alicyclic amines) is 1. The van der Waals surface area contributed by atoms with Gasteiger partial charge in [0.15, 0.2) is 0 Å². The molecule has 1 aliphatic rings. The summed E-state index contributed by atoms with van der Waals surface area (Å²) < 4.78 is 0. The standard InChI is InChI=1S/C27H30N4O2/c1-19-7-6-8-21(17-19)18-28-26(32)24-12-11-20(2)29-25(24)22-13-15-31(16-14-22)27(33)30-23-9-4-3-5-10-23/h3-12,17,22H,13-16,18H2,1-2H3,(H,28,32)(H,30,33). The van der Waals surface area contributed by atoms with Gasteiger partial charge in [0, 0.05) is 36.9 Å². The lowest BCUT2D eigenvalue weighted by Gasteiger charge is -2.32. The second kappa shape index (κ2) is 10.3. The third-order valence-corrected chi connectivity index (χ3v) is 6.04. The number of benzene rings is 2. The van der Waals surface area contributed by atoms with Crippen LogP contribution >= 0.6 is 0 Å². The first-order valence-corrected chi connectivity index (χ1v) is 11.4. The van der Waals surface area contributed by atoms with Crippen molar-refractivity contribution in [1.29, 1.82) is 0 Å². The Bertz CT molecular complexity index is 1120. The lowest BCUT2D eigenvalue weighted by molar-refractivity contribution is 0.0948. The topological polar surface area (TPSA) is 74.3 Å². The number of hydrogen-bond acceptors (Lipinski definition) is 3. The van der Waals surface area contributed by atoms with Gasteiger partial charge in [-0.25, -0.2) is 4.79 Å². The van der Waals surface area contributed by atoms with E-state index in [1.807, 2.05) is 79.4 Å². The van der Waals surface area contributed by atoms with Gasteiger partial charge in [0.25, 0.3) is 5.91 Å². The van der Waals surface area contributed by atoms with Gasteiger partial charge < -0.3 is 15.5 Å². The van der Waals surface area contributed by atoms with Gasteiger partial charge in [-0.15, -0.1) is 0 Å². The molecule has 33 heavy (non-hydrogen) atoms. The van der Waals surface area contributed by atoms with E-state index in [9.17, 15) is 9.59 Å². The molecule has 2 N–H and O–H groups in total. The zero-order chi connectivity index (χ0) is 23.2. The highest BCUT2D eigenvalue weighted by atomic mass is 16.2. The summed E-state index contributed by atoms with van der Waals surface area (Å²) >= 11 is 0. The van der Waals surface area contributed by atoms with Gasteiger partial charge in [-0.05, 0) is 56.5 Å². The molecule has 3 aromatic rings. The summed E-state index contributed by atoms with van der Waals surface area (Å²) in [7, 11) is 0. The van der Waals surface area contributed by atoms with Crippen molar-refractivity contribution < 1.29 is 9.59 Å². The van der Waals surface area contributed by atoms with Gasteiger partial charge in [0.1, 0.15) is 0 Å². The SMILES string of the molecule is Cc1cccc(CNC(=O)c2ccc(C)nc2C2CCN(C(=O)Nc3ccccc3)CC2)c1. The number of carbonyl (C=O) groups excluding carboxylic acids is 2. The summed E-state index contributed by atoms with van der Waals surface area (Å²) in [5.74, 6) is 0.0358. The number of piperidine rings is 1. The molecule has 0 atom stereocenters. The van der Waals surface area contributed by atoms with Crippen LogP contribution in [0, 0.1) is 13.8 Å². The summed E-state index contributed by atoms with van der Waals surface area (Å²) in [6.07, 6.45) is 1.55. The Labute approximate surface area is 195 Å². The fourth-order valence-electron chi connectivity index (χ4n) is 4.26. The van der Waals surface area contributed by atoms with E-state index in [0.29, 0.717) is 25.2 Å². The van der Waals surface area contributed by atoms with Gasteiger partial charge in [0.2, 0.25) is 0 Å². The van der Waals surface area contributed by atoms with E-state index in [1.165, 1.54) is 5.56 Å². The molecule has 2 heterocycles. The molecular weight excluding hydrogens is 412 g/mol. The number of amides is 3. The Morgan fingerprint density at radius 3 is 2.45 bits per heavy atom. The average molecular weight is 443 g/mol. The number of carbonyl (C=O) groups is 2. The van der Waals surface area contributed by atoms with E-state index in [-0.39, 0.29) is 17.9 Å². The maximum Gasteiger partial charge on any atom is 0.321 e. The van der Waals surface area contributed by atoms with E-state index >= 15 is 0 Å². The van der Waals surface area contributed by atoms with E-state index in [2.05, 4.69) is 16.7 Å². The number of anilines is 1. The van der Waals surface area contributed by atoms with Crippen LogP contribution < -0.4 is 10.6 Å². The maximum atomic E-state index is 13.0. The normalized spacial score (nSPS) is 14.1. The quantitative estimate of drug-likeness (QED) is 0.581. The number of para-hydroxylation sites is 1. The molecule has 0 radical (unpaired) electrons. The number of pyridine rings is 1. The highest BCUT2D eigenvalue weighted by molar-refractivity contribution is 5.95. The average Bonchev–Trinajstić information content (AvgIpc) is 2.83. The van der Waals surface area contributed by atoms with Crippen molar-refractivity contribution in [1.82, 2.24) is 15.2 Å².